The third-order valence-electron chi connectivity index (χ3n) is 3.16. The molecule has 0 amide bonds. The van der Waals surface area contributed by atoms with Crippen LogP contribution in [0.5, 0.6) is 0 Å². The van der Waals surface area contributed by atoms with Crippen molar-refractivity contribution in [2.75, 3.05) is 0 Å². The summed E-state index contributed by atoms with van der Waals surface area (Å²) in [6.45, 7) is 4.24. The first-order valence-electron chi connectivity index (χ1n) is 6.21. The van der Waals surface area contributed by atoms with Gasteiger partial charge in [0.15, 0.2) is 0 Å². The summed E-state index contributed by atoms with van der Waals surface area (Å²) in [5.41, 5.74) is 4.32. The van der Waals surface area contributed by atoms with Crippen LogP contribution >= 0.6 is 11.8 Å². The highest BCUT2D eigenvalue weighted by Gasteiger charge is 2.09. The second-order valence-corrected chi connectivity index (χ2v) is 5.70. The highest BCUT2D eigenvalue weighted by Crippen LogP contribution is 2.24. The molecule has 0 fully saturated rings. The number of rotatable bonds is 4. The van der Waals surface area contributed by atoms with Gasteiger partial charge in [0.2, 0.25) is 0 Å². The van der Waals surface area contributed by atoms with Gasteiger partial charge in [0.1, 0.15) is 0 Å². The molecule has 0 unspecified atom stereocenters. The Morgan fingerprint density at radius 3 is 2.21 bits per heavy atom. The van der Waals surface area contributed by atoms with Crippen LogP contribution in [0.2, 0.25) is 0 Å². The molecule has 2 aromatic rings. The van der Waals surface area contributed by atoms with Crippen molar-refractivity contribution in [2.45, 2.75) is 24.5 Å². The Kier molecular flexibility index (Phi) is 4.69. The molecule has 98 valence electrons. The van der Waals surface area contributed by atoms with Gasteiger partial charge in [0.05, 0.1) is 0 Å². The summed E-state index contributed by atoms with van der Waals surface area (Å²) in [7, 11) is -1.39. The van der Waals surface area contributed by atoms with Crippen LogP contribution in [-0.2, 0) is 5.75 Å². The van der Waals surface area contributed by atoms with E-state index in [0.29, 0.717) is 5.46 Å². The number of hydrogen-bond donors (Lipinski definition) is 2. The molecule has 2 N–H and O–H groups in total. The zero-order chi connectivity index (χ0) is 13.8. The van der Waals surface area contributed by atoms with E-state index in [1.54, 1.807) is 23.9 Å². The van der Waals surface area contributed by atoms with Crippen LogP contribution < -0.4 is 5.46 Å². The van der Waals surface area contributed by atoms with E-state index in [1.165, 1.54) is 21.6 Å². The van der Waals surface area contributed by atoms with E-state index in [2.05, 4.69) is 32.0 Å². The monoisotopic (exact) mass is 272 g/mol. The van der Waals surface area contributed by atoms with Gasteiger partial charge < -0.3 is 10.0 Å². The Morgan fingerprint density at radius 1 is 0.947 bits per heavy atom. The van der Waals surface area contributed by atoms with E-state index in [0.717, 1.165) is 5.75 Å². The number of benzene rings is 2. The number of hydrogen-bond acceptors (Lipinski definition) is 3. The standard InChI is InChI=1S/C15H17BO2S/c1-11-3-8-15(9-12(11)2)19-10-13-4-6-14(7-5-13)16(17)18/h3-9,17-18H,10H2,1-2H3. The largest absolute Gasteiger partial charge is 0.488 e. The summed E-state index contributed by atoms with van der Waals surface area (Å²) < 4.78 is 0. The Bertz CT molecular complexity index is 553. The van der Waals surface area contributed by atoms with E-state index < -0.39 is 7.12 Å². The Labute approximate surface area is 118 Å². The SMILES string of the molecule is Cc1ccc(SCc2ccc(B(O)O)cc2)cc1C. The molecule has 0 atom stereocenters. The molecule has 0 spiro atoms. The predicted octanol–water partition coefficient (Wildman–Crippen LogP) is 2.28. The maximum atomic E-state index is 9.03. The average molecular weight is 272 g/mol. The molecular formula is C15H17BO2S. The summed E-state index contributed by atoms with van der Waals surface area (Å²) in [4.78, 5) is 1.26. The zero-order valence-electron chi connectivity index (χ0n) is 11.1. The summed E-state index contributed by atoms with van der Waals surface area (Å²) >= 11 is 1.79. The molecule has 2 aromatic carbocycles. The van der Waals surface area contributed by atoms with E-state index >= 15 is 0 Å². The van der Waals surface area contributed by atoms with Crippen LogP contribution in [0.4, 0.5) is 0 Å². The van der Waals surface area contributed by atoms with Gasteiger partial charge in [0.25, 0.3) is 0 Å². The molecule has 0 heterocycles. The van der Waals surface area contributed by atoms with Gasteiger partial charge in [-0.25, -0.2) is 0 Å². The van der Waals surface area contributed by atoms with Gasteiger partial charge in [-0.05, 0) is 48.1 Å². The van der Waals surface area contributed by atoms with Crippen molar-refractivity contribution >= 4 is 24.3 Å². The lowest BCUT2D eigenvalue weighted by atomic mass is 9.80. The van der Waals surface area contributed by atoms with E-state index in [4.69, 9.17) is 10.0 Å². The van der Waals surface area contributed by atoms with Gasteiger partial charge in [0, 0.05) is 10.6 Å². The quantitative estimate of drug-likeness (QED) is 0.662. The van der Waals surface area contributed by atoms with Gasteiger partial charge >= 0.3 is 7.12 Å². The van der Waals surface area contributed by atoms with Crippen LogP contribution in [0.25, 0.3) is 0 Å². The van der Waals surface area contributed by atoms with Crippen molar-refractivity contribution in [3.63, 3.8) is 0 Å². The number of aryl methyl sites for hydroxylation is 2. The third kappa shape index (κ3) is 3.87. The van der Waals surface area contributed by atoms with Crippen LogP contribution in [0.15, 0.2) is 47.4 Å². The van der Waals surface area contributed by atoms with Gasteiger partial charge in [-0.15, -0.1) is 11.8 Å². The average Bonchev–Trinajstić information content (AvgIpc) is 2.40. The molecule has 0 saturated heterocycles. The molecule has 0 aliphatic carbocycles. The molecule has 2 nitrogen and oxygen atoms in total. The summed E-state index contributed by atoms with van der Waals surface area (Å²) in [6, 6.07) is 13.8. The molecule has 0 aromatic heterocycles. The van der Waals surface area contributed by atoms with E-state index in [9.17, 15) is 0 Å². The fourth-order valence-corrected chi connectivity index (χ4v) is 2.71. The first kappa shape index (κ1) is 14.2. The molecule has 0 radical (unpaired) electrons. The maximum Gasteiger partial charge on any atom is 0.488 e. The van der Waals surface area contributed by atoms with Crippen LogP contribution in [0, 0.1) is 13.8 Å². The van der Waals surface area contributed by atoms with Crippen LogP contribution in [0.1, 0.15) is 16.7 Å². The second kappa shape index (κ2) is 6.28. The molecular weight excluding hydrogens is 255 g/mol. The van der Waals surface area contributed by atoms with Gasteiger partial charge in [-0.3, -0.25) is 0 Å². The molecule has 0 aliphatic rings. The molecule has 4 heteroatoms. The molecule has 19 heavy (non-hydrogen) atoms. The lowest BCUT2D eigenvalue weighted by molar-refractivity contribution is 0.426. The van der Waals surface area contributed by atoms with Gasteiger partial charge in [-0.1, -0.05) is 30.3 Å². The maximum absolute atomic E-state index is 9.03. The Balaban J connectivity index is 2.00. The predicted molar refractivity (Wildman–Crippen MR) is 81.7 cm³/mol. The van der Waals surface area contributed by atoms with Crippen molar-refractivity contribution < 1.29 is 10.0 Å². The lowest BCUT2D eigenvalue weighted by Crippen LogP contribution is -2.29. The molecule has 0 saturated carbocycles. The summed E-state index contributed by atoms with van der Waals surface area (Å²) in [5, 5.41) is 18.1. The van der Waals surface area contributed by atoms with E-state index in [-0.39, 0.29) is 0 Å². The van der Waals surface area contributed by atoms with Crippen LogP contribution in [0.3, 0.4) is 0 Å². The Morgan fingerprint density at radius 2 is 1.63 bits per heavy atom. The first-order chi connectivity index (χ1) is 9.06. The van der Waals surface area contributed by atoms with Crippen molar-refractivity contribution in [1.82, 2.24) is 0 Å². The summed E-state index contributed by atoms with van der Waals surface area (Å²) in [6.07, 6.45) is 0. The normalized spacial score (nSPS) is 10.5. The lowest BCUT2D eigenvalue weighted by Gasteiger charge is -2.06. The summed E-state index contributed by atoms with van der Waals surface area (Å²) in [5.74, 6) is 0.879. The fraction of sp³-hybridized carbons (Fsp3) is 0.200. The smallest absolute Gasteiger partial charge is 0.423 e. The topological polar surface area (TPSA) is 40.5 Å². The number of thioether (sulfide) groups is 1. The Hall–Kier alpha value is -1.23. The minimum Gasteiger partial charge on any atom is -0.423 e. The third-order valence-corrected chi connectivity index (χ3v) is 4.23. The molecule has 0 aliphatic heterocycles. The van der Waals surface area contributed by atoms with Crippen molar-refractivity contribution in [3.8, 4) is 0 Å². The first-order valence-corrected chi connectivity index (χ1v) is 7.20. The van der Waals surface area contributed by atoms with Crippen molar-refractivity contribution in [1.29, 1.82) is 0 Å². The minimum absolute atomic E-state index is 0.528. The molecule has 2 rings (SSSR count). The fourth-order valence-electron chi connectivity index (χ4n) is 1.76. The van der Waals surface area contributed by atoms with Crippen molar-refractivity contribution in [2.24, 2.45) is 0 Å². The highest BCUT2D eigenvalue weighted by molar-refractivity contribution is 7.98. The highest BCUT2D eigenvalue weighted by atomic mass is 32.2. The van der Waals surface area contributed by atoms with Gasteiger partial charge in [-0.2, -0.15) is 0 Å². The van der Waals surface area contributed by atoms with Crippen molar-refractivity contribution in [3.05, 3.63) is 59.2 Å². The second-order valence-electron chi connectivity index (χ2n) is 4.65. The molecule has 0 bridgehead atoms. The van der Waals surface area contributed by atoms with E-state index in [1.807, 2.05) is 12.1 Å². The minimum atomic E-state index is -1.39. The van der Waals surface area contributed by atoms with Crippen LogP contribution in [-0.4, -0.2) is 17.2 Å². The zero-order valence-corrected chi connectivity index (χ0v) is 11.9.